The number of halogens is 4. The maximum Gasteiger partial charge on any atom is 0.472 e. The molecule has 1 atom stereocenters. The Morgan fingerprint density at radius 2 is 1.94 bits per heavy atom. The summed E-state index contributed by atoms with van der Waals surface area (Å²) in [6.07, 6.45) is -4.51. The van der Waals surface area contributed by atoms with Gasteiger partial charge in [-0.1, -0.05) is 12.1 Å². The fraction of sp³-hybridized carbons (Fsp3) is 0.300. The van der Waals surface area contributed by atoms with Gasteiger partial charge in [-0.15, -0.1) is 0 Å². The normalized spacial score (nSPS) is 16.1. The van der Waals surface area contributed by atoms with Gasteiger partial charge in [0.15, 0.2) is 0 Å². The summed E-state index contributed by atoms with van der Waals surface area (Å²) >= 11 is 0. The highest BCUT2D eigenvalue weighted by Crippen LogP contribution is 2.22. The molecule has 2 aromatic rings. The molecule has 3 N–H and O–H groups in total. The number of hydrogen-bond donors (Lipinski definition) is 3. The minimum atomic E-state index is -5.13. The van der Waals surface area contributed by atoms with Crippen molar-refractivity contribution in [1.29, 1.82) is 0 Å². The molecule has 176 valence electrons. The fourth-order valence-corrected chi connectivity index (χ4v) is 2.94. The average Bonchev–Trinajstić information content (AvgIpc) is 2.80. The second kappa shape index (κ2) is 10.3. The van der Waals surface area contributed by atoms with Gasteiger partial charge in [0.2, 0.25) is 0 Å². The van der Waals surface area contributed by atoms with Crippen LogP contribution in [0.5, 0.6) is 0 Å². The zero-order valence-electron chi connectivity index (χ0n) is 17.0. The lowest BCUT2D eigenvalue weighted by Crippen LogP contribution is -2.47. The molecule has 33 heavy (non-hydrogen) atoms. The van der Waals surface area contributed by atoms with Crippen LogP contribution in [-0.4, -0.2) is 53.6 Å². The summed E-state index contributed by atoms with van der Waals surface area (Å²) in [5.74, 6) is -3.71. The minimum absolute atomic E-state index is 0.0214. The third kappa shape index (κ3) is 6.62. The number of urea groups is 1. The Morgan fingerprint density at radius 3 is 2.61 bits per heavy atom. The van der Waals surface area contributed by atoms with Crippen LogP contribution in [0.2, 0.25) is 0 Å². The molecule has 1 aliphatic rings. The van der Waals surface area contributed by atoms with Gasteiger partial charge in [-0.2, -0.15) is 13.2 Å². The number of carbonyl (C=O) groups is 3. The van der Waals surface area contributed by atoms with Crippen LogP contribution in [0.4, 0.5) is 22.4 Å². The number of rotatable bonds is 4. The van der Waals surface area contributed by atoms with Crippen LogP contribution in [-0.2, 0) is 16.1 Å². The smallest absolute Gasteiger partial charge is 0.370 e. The molecule has 3 rings (SSSR count). The zero-order chi connectivity index (χ0) is 24.0. The number of hydrazine groups is 1. The lowest BCUT2D eigenvalue weighted by molar-refractivity contribution is -0.174. The number of ether oxygens (including phenoxy) is 1. The topological polar surface area (TPSA) is 113 Å². The Kier molecular flexibility index (Phi) is 7.43. The van der Waals surface area contributed by atoms with E-state index in [1.165, 1.54) is 34.6 Å². The molecule has 1 unspecified atom stereocenters. The van der Waals surface area contributed by atoms with Crippen molar-refractivity contribution in [3.05, 3.63) is 65.2 Å². The van der Waals surface area contributed by atoms with E-state index in [2.05, 4.69) is 10.3 Å². The Hall–Kier alpha value is -3.74. The largest absolute Gasteiger partial charge is 0.472 e. The van der Waals surface area contributed by atoms with E-state index in [1.807, 2.05) is 0 Å². The van der Waals surface area contributed by atoms with Crippen LogP contribution in [0.1, 0.15) is 27.7 Å². The molecular formula is C20H19F4N5O4. The maximum absolute atomic E-state index is 13.4. The van der Waals surface area contributed by atoms with Gasteiger partial charge in [-0.05, 0) is 29.8 Å². The lowest BCUT2D eigenvalue weighted by Gasteiger charge is -2.33. The minimum Gasteiger partial charge on any atom is -0.370 e. The van der Waals surface area contributed by atoms with E-state index in [4.69, 9.17) is 4.74 Å². The summed E-state index contributed by atoms with van der Waals surface area (Å²) in [5, 5.41) is 2.67. The molecule has 1 aromatic carbocycles. The highest BCUT2D eigenvalue weighted by molar-refractivity contribution is 5.95. The SMILES string of the molecule is O=C(NNC(=O)C(F)(F)F)c1ccc(CNC(=O)N2CCOC(c3cccc(F)c3)C2)nc1. The van der Waals surface area contributed by atoms with Crippen LogP contribution in [0, 0.1) is 5.82 Å². The highest BCUT2D eigenvalue weighted by Gasteiger charge is 2.39. The Morgan fingerprint density at radius 1 is 1.15 bits per heavy atom. The second-order valence-corrected chi connectivity index (χ2v) is 6.96. The molecule has 1 fully saturated rings. The number of morpholine rings is 1. The Bertz CT molecular complexity index is 1020. The van der Waals surface area contributed by atoms with Crippen molar-refractivity contribution in [3.63, 3.8) is 0 Å². The van der Waals surface area contributed by atoms with E-state index in [-0.39, 0.29) is 25.3 Å². The predicted octanol–water partition coefficient (Wildman–Crippen LogP) is 1.83. The molecule has 0 spiro atoms. The van der Waals surface area contributed by atoms with Gasteiger partial charge in [-0.3, -0.25) is 25.4 Å². The second-order valence-electron chi connectivity index (χ2n) is 6.96. The predicted molar refractivity (Wildman–Crippen MR) is 105 cm³/mol. The molecule has 0 bridgehead atoms. The van der Waals surface area contributed by atoms with Gasteiger partial charge in [0, 0.05) is 12.7 Å². The van der Waals surface area contributed by atoms with Crippen LogP contribution in [0.15, 0.2) is 42.6 Å². The highest BCUT2D eigenvalue weighted by atomic mass is 19.4. The van der Waals surface area contributed by atoms with Crippen LogP contribution in [0.25, 0.3) is 0 Å². The first-order valence-electron chi connectivity index (χ1n) is 9.66. The molecule has 1 aromatic heterocycles. The van der Waals surface area contributed by atoms with Crippen LogP contribution < -0.4 is 16.2 Å². The summed E-state index contributed by atoms with van der Waals surface area (Å²) in [5.41, 5.74) is 3.78. The zero-order valence-corrected chi connectivity index (χ0v) is 17.0. The van der Waals surface area contributed by atoms with E-state index < -0.39 is 35.9 Å². The Labute approximate surface area is 185 Å². The molecule has 1 aliphatic heterocycles. The number of hydrogen-bond acceptors (Lipinski definition) is 5. The summed E-state index contributed by atoms with van der Waals surface area (Å²) in [6, 6.07) is 8.23. The third-order valence-electron chi connectivity index (χ3n) is 4.63. The third-order valence-corrected chi connectivity index (χ3v) is 4.63. The Balaban J connectivity index is 1.49. The van der Waals surface area contributed by atoms with Gasteiger partial charge >= 0.3 is 18.1 Å². The molecular weight excluding hydrogens is 450 g/mol. The molecule has 0 aliphatic carbocycles. The van der Waals surface area contributed by atoms with Crippen molar-refractivity contribution in [2.24, 2.45) is 0 Å². The van der Waals surface area contributed by atoms with Gasteiger partial charge in [-0.25, -0.2) is 9.18 Å². The van der Waals surface area contributed by atoms with E-state index in [1.54, 1.807) is 17.6 Å². The number of nitrogens with one attached hydrogen (secondary N) is 3. The van der Waals surface area contributed by atoms with Gasteiger partial charge in [0.05, 0.1) is 31.0 Å². The molecule has 9 nitrogen and oxygen atoms in total. The van der Waals surface area contributed by atoms with E-state index in [9.17, 15) is 31.9 Å². The number of alkyl halides is 3. The molecule has 0 radical (unpaired) electrons. The van der Waals surface area contributed by atoms with Crippen molar-refractivity contribution in [2.45, 2.75) is 18.8 Å². The number of pyridine rings is 1. The molecule has 0 saturated carbocycles. The fourth-order valence-electron chi connectivity index (χ4n) is 2.94. The van der Waals surface area contributed by atoms with Gasteiger partial charge in [0.25, 0.3) is 5.91 Å². The first-order chi connectivity index (χ1) is 15.6. The number of amides is 4. The standard InChI is InChI=1S/C20H19F4N5O4/c21-14-3-1-2-12(8-14)16-11-29(6-7-33-16)19(32)26-10-15-5-4-13(9-25-15)17(30)27-28-18(31)20(22,23)24/h1-5,8-9,16H,6-7,10-11H2,(H,26,32)(H,27,30)(H,28,31). The van der Waals surface area contributed by atoms with E-state index >= 15 is 0 Å². The molecule has 1 saturated heterocycles. The average molecular weight is 469 g/mol. The van der Waals surface area contributed by atoms with Crippen LogP contribution in [0.3, 0.4) is 0 Å². The summed E-state index contributed by atoms with van der Waals surface area (Å²) in [7, 11) is 0. The van der Waals surface area contributed by atoms with Crippen molar-refractivity contribution >= 4 is 17.8 Å². The first-order valence-corrected chi connectivity index (χ1v) is 9.66. The molecule has 4 amide bonds. The van der Waals surface area contributed by atoms with Gasteiger partial charge in [0.1, 0.15) is 11.9 Å². The summed E-state index contributed by atoms with van der Waals surface area (Å²) in [4.78, 5) is 40.5. The van der Waals surface area contributed by atoms with Crippen molar-refractivity contribution in [2.75, 3.05) is 19.7 Å². The summed E-state index contributed by atoms with van der Waals surface area (Å²) < 4.78 is 55.5. The lowest BCUT2D eigenvalue weighted by atomic mass is 10.1. The summed E-state index contributed by atoms with van der Waals surface area (Å²) in [6.45, 7) is 0.869. The first kappa shape index (κ1) is 23.9. The van der Waals surface area contributed by atoms with Crippen molar-refractivity contribution < 1.29 is 36.7 Å². The van der Waals surface area contributed by atoms with E-state index in [0.717, 1.165) is 6.20 Å². The van der Waals surface area contributed by atoms with E-state index in [0.29, 0.717) is 17.8 Å². The number of carbonyl (C=O) groups excluding carboxylic acids is 3. The molecule has 2 heterocycles. The maximum atomic E-state index is 13.4. The monoisotopic (exact) mass is 469 g/mol. The number of benzene rings is 1. The van der Waals surface area contributed by atoms with Gasteiger partial charge < -0.3 is 15.0 Å². The quantitative estimate of drug-likeness (QED) is 0.467. The number of aromatic nitrogens is 1. The molecule has 13 heteroatoms. The van der Waals surface area contributed by atoms with Crippen molar-refractivity contribution in [1.82, 2.24) is 26.1 Å². The van der Waals surface area contributed by atoms with Crippen molar-refractivity contribution in [3.8, 4) is 0 Å². The number of nitrogens with zero attached hydrogens (tertiary/aromatic N) is 2. The van der Waals surface area contributed by atoms with Crippen LogP contribution >= 0.6 is 0 Å².